The molecular formula is C23H25F2N3. The molecule has 3 nitrogen and oxygen atoms in total. The van der Waals surface area contributed by atoms with Crippen molar-refractivity contribution in [3.05, 3.63) is 65.0 Å². The van der Waals surface area contributed by atoms with Crippen LogP contribution < -0.4 is 0 Å². The van der Waals surface area contributed by atoms with Gasteiger partial charge in [-0.05, 0) is 80.9 Å². The molecule has 146 valence electrons. The fourth-order valence-corrected chi connectivity index (χ4v) is 4.95. The van der Waals surface area contributed by atoms with E-state index in [0.717, 1.165) is 67.7 Å². The van der Waals surface area contributed by atoms with Crippen LogP contribution in [0.5, 0.6) is 0 Å². The lowest BCUT2D eigenvalue weighted by Gasteiger charge is -2.33. The number of aromatic nitrogens is 2. The highest BCUT2D eigenvalue weighted by Gasteiger charge is 2.26. The van der Waals surface area contributed by atoms with E-state index in [4.69, 9.17) is 4.98 Å². The van der Waals surface area contributed by atoms with Gasteiger partial charge in [0.25, 0.3) is 0 Å². The molecule has 0 aliphatic carbocycles. The third-order valence-electron chi connectivity index (χ3n) is 6.47. The van der Waals surface area contributed by atoms with Crippen molar-refractivity contribution in [2.45, 2.75) is 51.1 Å². The predicted molar refractivity (Wildman–Crippen MR) is 106 cm³/mol. The maximum Gasteiger partial charge on any atom is 0.125 e. The van der Waals surface area contributed by atoms with E-state index in [2.05, 4.69) is 16.4 Å². The van der Waals surface area contributed by atoms with Gasteiger partial charge in [0.2, 0.25) is 0 Å². The van der Waals surface area contributed by atoms with Crippen LogP contribution in [0.25, 0.3) is 11.0 Å². The lowest BCUT2D eigenvalue weighted by atomic mass is 9.89. The van der Waals surface area contributed by atoms with Crippen molar-refractivity contribution < 1.29 is 8.78 Å². The maximum atomic E-state index is 14.0. The minimum Gasteiger partial charge on any atom is -0.324 e. The van der Waals surface area contributed by atoms with E-state index in [0.29, 0.717) is 12.0 Å². The largest absolute Gasteiger partial charge is 0.324 e. The first-order valence-electron chi connectivity index (χ1n) is 10.3. The molecular weight excluding hydrogens is 356 g/mol. The minimum atomic E-state index is -0.187. The van der Waals surface area contributed by atoms with E-state index in [1.54, 1.807) is 24.3 Å². The van der Waals surface area contributed by atoms with Gasteiger partial charge in [-0.25, -0.2) is 13.8 Å². The number of halogens is 2. The summed E-state index contributed by atoms with van der Waals surface area (Å²) in [7, 11) is 0. The summed E-state index contributed by atoms with van der Waals surface area (Å²) in [5.41, 5.74) is 4.23. The van der Waals surface area contributed by atoms with Gasteiger partial charge < -0.3 is 4.57 Å². The molecule has 0 N–H and O–H groups in total. The molecule has 3 aromatic rings. The Labute approximate surface area is 164 Å². The first kappa shape index (κ1) is 17.8. The van der Waals surface area contributed by atoms with Gasteiger partial charge in [-0.1, -0.05) is 12.1 Å². The second kappa shape index (κ2) is 6.96. The topological polar surface area (TPSA) is 21.1 Å². The zero-order valence-corrected chi connectivity index (χ0v) is 16.2. The average molecular weight is 381 g/mol. The predicted octanol–water partition coefficient (Wildman–Crippen LogP) is 5.20. The van der Waals surface area contributed by atoms with Crippen molar-refractivity contribution in [1.29, 1.82) is 0 Å². The van der Waals surface area contributed by atoms with E-state index in [-0.39, 0.29) is 11.6 Å². The van der Waals surface area contributed by atoms with Crippen LogP contribution in [0, 0.1) is 11.6 Å². The summed E-state index contributed by atoms with van der Waals surface area (Å²) >= 11 is 0. The number of hydrogen-bond donors (Lipinski definition) is 0. The van der Waals surface area contributed by atoms with Gasteiger partial charge >= 0.3 is 0 Å². The smallest absolute Gasteiger partial charge is 0.125 e. The van der Waals surface area contributed by atoms with Crippen LogP contribution in [0.15, 0.2) is 36.4 Å². The van der Waals surface area contributed by atoms with Crippen LogP contribution in [0.4, 0.5) is 8.78 Å². The van der Waals surface area contributed by atoms with Crippen molar-refractivity contribution in [2.24, 2.45) is 0 Å². The molecule has 0 radical (unpaired) electrons. The number of benzene rings is 2. The standard InChI is InChI=1S/C23H25F2N3/c1-15-2-3-18-12-20(25)13-21-23(18)28(15)22(26-21)14-27-10-8-17(9-11-27)16-4-6-19(24)7-5-16/h4-7,12-13,15,17H,2-3,8-11,14H2,1H3. The molecule has 2 aliphatic rings. The third-order valence-corrected chi connectivity index (χ3v) is 6.47. The van der Waals surface area contributed by atoms with Crippen LogP contribution in [0.3, 0.4) is 0 Å². The molecule has 2 aliphatic heterocycles. The summed E-state index contributed by atoms with van der Waals surface area (Å²) in [4.78, 5) is 7.26. The highest BCUT2D eigenvalue weighted by molar-refractivity contribution is 5.80. The molecule has 0 spiro atoms. The van der Waals surface area contributed by atoms with Crippen LogP contribution in [0.2, 0.25) is 0 Å². The van der Waals surface area contributed by atoms with Crippen LogP contribution in [0.1, 0.15) is 55.1 Å². The fraction of sp³-hybridized carbons (Fsp3) is 0.435. The van der Waals surface area contributed by atoms with Crippen LogP contribution >= 0.6 is 0 Å². The molecule has 5 rings (SSSR count). The summed E-state index contributed by atoms with van der Waals surface area (Å²) in [5, 5.41) is 0. The summed E-state index contributed by atoms with van der Waals surface area (Å²) in [5.74, 6) is 1.18. The van der Waals surface area contributed by atoms with E-state index in [1.165, 1.54) is 5.56 Å². The number of hydrogen-bond acceptors (Lipinski definition) is 2. The van der Waals surface area contributed by atoms with Crippen molar-refractivity contribution in [3.63, 3.8) is 0 Å². The monoisotopic (exact) mass is 381 g/mol. The molecule has 1 aromatic heterocycles. The van der Waals surface area contributed by atoms with Gasteiger partial charge in [0.05, 0.1) is 17.6 Å². The molecule has 1 unspecified atom stereocenters. The maximum absolute atomic E-state index is 14.0. The first-order valence-corrected chi connectivity index (χ1v) is 10.3. The van der Waals surface area contributed by atoms with Gasteiger partial charge in [0.1, 0.15) is 17.5 Å². The van der Waals surface area contributed by atoms with E-state index in [1.807, 2.05) is 12.1 Å². The number of aryl methyl sites for hydroxylation is 1. The Morgan fingerprint density at radius 3 is 2.50 bits per heavy atom. The first-order chi connectivity index (χ1) is 13.6. The second-order valence-corrected chi connectivity index (χ2v) is 8.32. The fourth-order valence-electron chi connectivity index (χ4n) is 4.95. The Morgan fingerprint density at radius 1 is 1.00 bits per heavy atom. The van der Waals surface area contributed by atoms with Gasteiger partial charge in [-0.15, -0.1) is 0 Å². The van der Waals surface area contributed by atoms with Crippen LogP contribution in [-0.2, 0) is 13.0 Å². The molecule has 1 fully saturated rings. The van der Waals surface area contributed by atoms with Crippen molar-refractivity contribution in [2.75, 3.05) is 13.1 Å². The van der Waals surface area contributed by atoms with Crippen molar-refractivity contribution in [3.8, 4) is 0 Å². The Kier molecular flexibility index (Phi) is 4.43. The summed E-state index contributed by atoms with van der Waals surface area (Å²) < 4.78 is 29.5. The molecule has 1 saturated heterocycles. The van der Waals surface area contributed by atoms with Gasteiger partial charge in [0, 0.05) is 12.1 Å². The average Bonchev–Trinajstić information content (AvgIpc) is 3.05. The Bertz CT molecular complexity index is 1000. The second-order valence-electron chi connectivity index (χ2n) is 8.32. The van der Waals surface area contributed by atoms with Crippen LogP contribution in [-0.4, -0.2) is 27.5 Å². The van der Waals surface area contributed by atoms with Crippen molar-refractivity contribution >= 4 is 11.0 Å². The summed E-state index contributed by atoms with van der Waals surface area (Å²) in [6.07, 6.45) is 4.09. The van der Waals surface area contributed by atoms with Gasteiger partial charge in [-0.2, -0.15) is 0 Å². The molecule has 1 atom stereocenters. The summed E-state index contributed by atoms with van der Waals surface area (Å²) in [6.45, 7) is 5.04. The Morgan fingerprint density at radius 2 is 1.75 bits per heavy atom. The quantitative estimate of drug-likeness (QED) is 0.622. The summed E-state index contributed by atoms with van der Waals surface area (Å²) in [6, 6.07) is 10.6. The highest BCUT2D eigenvalue weighted by atomic mass is 19.1. The lowest BCUT2D eigenvalue weighted by Crippen LogP contribution is -2.33. The lowest BCUT2D eigenvalue weighted by molar-refractivity contribution is 0.196. The highest BCUT2D eigenvalue weighted by Crippen LogP contribution is 2.34. The number of nitrogens with zero attached hydrogens (tertiary/aromatic N) is 3. The molecule has 0 saturated carbocycles. The minimum absolute atomic E-state index is 0.175. The third kappa shape index (κ3) is 3.12. The molecule has 2 aromatic carbocycles. The van der Waals surface area contributed by atoms with E-state index < -0.39 is 0 Å². The van der Waals surface area contributed by atoms with E-state index >= 15 is 0 Å². The number of rotatable bonds is 3. The zero-order chi connectivity index (χ0) is 19.3. The Balaban J connectivity index is 1.35. The molecule has 0 amide bonds. The number of piperidine rings is 1. The molecule has 28 heavy (non-hydrogen) atoms. The SMILES string of the molecule is CC1CCc2cc(F)cc3nc(CN4CCC(c5ccc(F)cc5)CC4)n1c23. The number of imidazole rings is 1. The normalized spacial score (nSPS) is 20.8. The van der Waals surface area contributed by atoms with Gasteiger partial charge in [0.15, 0.2) is 0 Å². The Hall–Kier alpha value is -2.27. The molecule has 3 heterocycles. The molecule has 0 bridgehead atoms. The number of likely N-dealkylation sites (tertiary alicyclic amines) is 1. The zero-order valence-electron chi connectivity index (χ0n) is 16.2. The molecule has 5 heteroatoms. The van der Waals surface area contributed by atoms with Crippen molar-refractivity contribution in [1.82, 2.24) is 14.5 Å². The van der Waals surface area contributed by atoms with Gasteiger partial charge in [-0.3, -0.25) is 4.90 Å². The van der Waals surface area contributed by atoms with E-state index in [9.17, 15) is 8.78 Å².